The lowest BCUT2D eigenvalue weighted by atomic mass is 9.89. The molecule has 9 nitrogen and oxygen atoms in total. The third kappa shape index (κ3) is 7.99. The molecule has 2 atom stereocenters. The van der Waals surface area contributed by atoms with Gasteiger partial charge in [0.25, 0.3) is 5.91 Å². The minimum Gasteiger partial charge on any atom is -0.366 e. The third-order valence-corrected chi connectivity index (χ3v) is 9.50. The summed E-state index contributed by atoms with van der Waals surface area (Å²) in [6.45, 7) is 2.52. The number of benzene rings is 1. The number of rotatable bonds is 9. The van der Waals surface area contributed by atoms with Gasteiger partial charge in [-0.1, -0.05) is 25.7 Å². The van der Waals surface area contributed by atoms with Crippen molar-refractivity contribution in [2.45, 2.75) is 82.5 Å². The Morgan fingerprint density at radius 3 is 2.36 bits per heavy atom. The van der Waals surface area contributed by atoms with Gasteiger partial charge < -0.3 is 25.8 Å². The molecule has 3 fully saturated rings. The number of aromatic nitrogens is 2. The van der Waals surface area contributed by atoms with E-state index in [1.54, 1.807) is 29.2 Å². The van der Waals surface area contributed by atoms with Crippen molar-refractivity contribution in [2.75, 3.05) is 44.4 Å². The van der Waals surface area contributed by atoms with Gasteiger partial charge in [-0.25, -0.2) is 4.98 Å². The summed E-state index contributed by atoms with van der Waals surface area (Å²) >= 11 is 0. The van der Waals surface area contributed by atoms with Gasteiger partial charge in [-0.05, 0) is 88.8 Å². The molecule has 3 N–H and O–H groups in total. The third-order valence-electron chi connectivity index (χ3n) is 9.50. The standard InChI is InChI=1S/C32H44F3N7O2/c1-41-17-15-24(16-18-41)42(2)30(44)22-11-13-23(14-12-22)38-31-37-20-26(32(33,34)35)28(40-31)39-27-10-6-9-25(27)29(43)36-19-21-7-4-3-5-8-21/h11-14,20-21,24-25,27H,3-10,15-19H2,1-2H3,(H,36,43)(H2,37,38,39,40)/t25-,27+/m0/s1. The number of nitrogens with zero attached hydrogens (tertiary/aromatic N) is 4. The molecule has 2 aliphatic carbocycles. The molecule has 1 saturated heterocycles. The first-order valence-electron chi connectivity index (χ1n) is 15.9. The number of halogens is 3. The van der Waals surface area contributed by atoms with E-state index in [0.29, 0.717) is 36.6 Å². The number of likely N-dealkylation sites (tertiary alicyclic amines) is 1. The van der Waals surface area contributed by atoms with Crippen molar-refractivity contribution in [2.24, 2.45) is 11.8 Å². The number of anilines is 3. The molecular weight excluding hydrogens is 571 g/mol. The molecule has 1 aromatic heterocycles. The predicted molar refractivity (Wildman–Crippen MR) is 164 cm³/mol. The quantitative estimate of drug-likeness (QED) is 0.334. The highest BCUT2D eigenvalue weighted by molar-refractivity contribution is 5.94. The monoisotopic (exact) mass is 615 g/mol. The normalized spacial score (nSPS) is 22.0. The summed E-state index contributed by atoms with van der Waals surface area (Å²) < 4.78 is 41.8. The Morgan fingerprint density at radius 2 is 1.68 bits per heavy atom. The Labute approximate surface area is 257 Å². The fourth-order valence-electron chi connectivity index (χ4n) is 6.73. The molecule has 12 heteroatoms. The van der Waals surface area contributed by atoms with Crippen LogP contribution in [0.3, 0.4) is 0 Å². The van der Waals surface area contributed by atoms with Gasteiger partial charge in [-0.2, -0.15) is 18.2 Å². The van der Waals surface area contributed by atoms with Crippen molar-refractivity contribution in [1.29, 1.82) is 0 Å². The minimum absolute atomic E-state index is 0.0145. The number of piperidine rings is 1. The number of carbonyl (C=O) groups is 2. The van der Waals surface area contributed by atoms with Gasteiger partial charge >= 0.3 is 6.18 Å². The van der Waals surface area contributed by atoms with Crippen LogP contribution in [0.15, 0.2) is 30.5 Å². The minimum atomic E-state index is -4.67. The van der Waals surface area contributed by atoms with Crippen LogP contribution < -0.4 is 16.0 Å². The number of carbonyl (C=O) groups excluding carboxylic acids is 2. The Morgan fingerprint density at radius 1 is 0.977 bits per heavy atom. The summed E-state index contributed by atoms with van der Waals surface area (Å²) in [6.07, 6.45) is 5.68. The van der Waals surface area contributed by atoms with E-state index in [9.17, 15) is 22.8 Å². The molecule has 5 rings (SSSR count). The first-order chi connectivity index (χ1) is 21.1. The first kappa shape index (κ1) is 32.0. The highest BCUT2D eigenvalue weighted by Crippen LogP contribution is 2.37. The van der Waals surface area contributed by atoms with Crippen LogP contribution in [0.25, 0.3) is 0 Å². The van der Waals surface area contributed by atoms with E-state index in [-0.39, 0.29) is 29.6 Å². The van der Waals surface area contributed by atoms with Crippen molar-refractivity contribution in [3.63, 3.8) is 0 Å². The zero-order chi connectivity index (χ0) is 31.3. The summed E-state index contributed by atoms with van der Waals surface area (Å²) in [5, 5.41) is 8.98. The smallest absolute Gasteiger partial charge is 0.366 e. The van der Waals surface area contributed by atoms with Crippen LogP contribution in [0.1, 0.15) is 80.1 Å². The second-order valence-electron chi connectivity index (χ2n) is 12.6. The van der Waals surface area contributed by atoms with Crippen LogP contribution >= 0.6 is 0 Å². The molecule has 0 unspecified atom stereocenters. The van der Waals surface area contributed by atoms with E-state index in [1.165, 1.54) is 19.3 Å². The lowest BCUT2D eigenvalue weighted by molar-refractivity contribution is -0.137. The van der Waals surface area contributed by atoms with Crippen molar-refractivity contribution in [3.8, 4) is 0 Å². The van der Waals surface area contributed by atoms with E-state index >= 15 is 0 Å². The number of amides is 2. The summed E-state index contributed by atoms with van der Waals surface area (Å²) in [4.78, 5) is 38.3. The predicted octanol–water partition coefficient (Wildman–Crippen LogP) is 5.68. The van der Waals surface area contributed by atoms with E-state index < -0.39 is 23.7 Å². The van der Waals surface area contributed by atoms with Gasteiger partial charge in [-0.3, -0.25) is 9.59 Å². The van der Waals surface area contributed by atoms with Crippen molar-refractivity contribution in [1.82, 2.24) is 25.1 Å². The molecule has 0 radical (unpaired) electrons. The molecule has 0 spiro atoms. The second-order valence-corrected chi connectivity index (χ2v) is 12.6. The van der Waals surface area contributed by atoms with Crippen LogP contribution in [0.5, 0.6) is 0 Å². The zero-order valence-corrected chi connectivity index (χ0v) is 25.6. The number of nitrogens with one attached hydrogen (secondary N) is 3. The second kappa shape index (κ2) is 14.1. The average molecular weight is 616 g/mol. The lowest BCUT2D eigenvalue weighted by Crippen LogP contribution is -2.44. The largest absolute Gasteiger partial charge is 0.421 e. The highest BCUT2D eigenvalue weighted by Gasteiger charge is 2.39. The van der Waals surface area contributed by atoms with Crippen LogP contribution in [0, 0.1) is 11.8 Å². The van der Waals surface area contributed by atoms with Crippen LogP contribution in [0.4, 0.5) is 30.6 Å². The molecule has 2 amide bonds. The van der Waals surface area contributed by atoms with E-state index in [4.69, 9.17) is 0 Å². The molecular formula is C32H44F3N7O2. The van der Waals surface area contributed by atoms with Gasteiger partial charge in [-0.15, -0.1) is 0 Å². The molecule has 2 heterocycles. The fourth-order valence-corrected chi connectivity index (χ4v) is 6.73. The first-order valence-corrected chi connectivity index (χ1v) is 15.9. The number of hydrogen-bond acceptors (Lipinski definition) is 7. The Bertz CT molecular complexity index is 1280. The Hall–Kier alpha value is -3.41. The van der Waals surface area contributed by atoms with Crippen LogP contribution in [-0.4, -0.2) is 77.4 Å². The van der Waals surface area contributed by atoms with Crippen molar-refractivity contribution in [3.05, 3.63) is 41.6 Å². The molecule has 44 heavy (non-hydrogen) atoms. The molecule has 2 saturated carbocycles. The van der Waals surface area contributed by atoms with Crippen LogP contribution in [0.2, 0.25) is 0 Å². The maximum atomic E-state index is 13.9. The molecule has 3 aliphatic rings. The fraction of sp³-hybridized carbons (Fsp3) is 0.625. The van der Waals surface area contributed by atoms with Gasteiger partial charge in [0, 0.05) is 43.1 Å². The van der Waals surface area contributed by atoms with E-state index in [0.717, 1.165) is 51.4 Å². The molecule has 0 bridgehead atoms. The van der Waals surface area contributed by atoms with Crippen molar-refractivity contribution >= 4 is 29.3 Å². The summed E-state index contributed by atoms with van der Waals surface area (Å²) in [5.41, 5.74) is 0.0888. The summed E-state index contributed by atoms with van der Waals surface area (Å²) in [7, 11) is 3.90. The van der Waals surface area contributed by atoms with Gasteiger partial charge in [0.2, 0.25) is 11.9 Å². The zero-order valence-electron chi connectivity index (χ0n) is 25.6. The average Bonchev–Trinajstić information content (AvgIpc) is 3.48. The summed E-state index contributed by atoms with van der Waals surface area (Å²) in [5.74, 6) is -0.498. The number of hydrogen-bond donors (Lipinski definition) is 3. The lowest BCUT2D eigenvalue weighted by Gasteiger charge is -2.35. The van der Waals surface area contributed by atoms with Crippen molar-refractivity contribution < 1.29 is 22.8 Å². The molecule has 1 aliphatic heterocycles. The highest BCUT2D eigenvalue weighted by atomic mass is 19.4. The Kier molecular flexibility index (Phi) is 10.3. The molecule has 2 aromatic rings. The molecule has 1 aromatic carbocycles. The van der Waals surface area contributed by atoms with Gasteiger partial charge in [0.15, 0.2) is 0 Å². The topological polar surface area (TPSA) is 102 Å². The van der Waals surface area contributed by atoms with Gasteiger partial charge in [0.05, 0.1) is 5.92 Å². The maximum Gasteiger partial charge on any atom is 0.421 e. The summed E-state index contributed by atoms with van der Waals surface area (Å²) in [6, 6.07) is 6.48. The van der Waals surface area contributed by atoms with E-state index in [2.05, 4.69) is 37.9 Å². The maximum absolute atomic E-state index is 13.9. The van der Waals surface area contributed by atoms with Crippen LogP contribution in [-0.2, 0) is 11.0 Å². The van der Waals surface area contributed by atoms with E-state index in [1.807, 2.05) is 7.05 Å². The SMILES string of the molecule is CN1CCC(N(C)C(=O)c2ccc(Nc3ncc(C(F)(F)F)c(N[C@@H]4CCC[C@@H]4C(=O)NCC4CCCCC4)n3)cc2)CC1. The Balaban J connectivity index is 1.24. The molecule has 240 valence electrons. The van der Waals surface area contributed by atoms with Gasteiger partial charge in [0.1, 0.15) is 11.4 Å². The number of alkyl halides is 3.